The number of amides is 1. The Morgan fingerprint density at radius 2 is 2.04 bits per heavy atom. The van der Waals surface area contributed by atoms with Crippen LogP contribution in [0, 0.1) is 13.8 Å². The number of carbonyl (C=O) groups is 1. The Labute approximate surface area is 139 Å². The molecule has 6 heteroatoms. The van der Waals surface area contributed by atoms with Gasteiger partial charge in [-0.1, -0.05) is 0 Å². The molecule has 23 heavy (non-hydrogen) atoms. The fourth-order valence-electron chi connectivity index (χ4n) is 2.61. The number of imidazole rings is 1. The zero-order valence-corrected chi connectivity index (χ0v) is 14.1. The van der Waals surface area contributed by atoms with E-state index in [-0.39, 0.29) is 5.91 Å². The lowest BCUT2D eigenvalue weighted by Crippen LogP contribution is -2.25. The van der Waals surface area contributed by atoms with Crippen LogP contribution in [-0.4, -0.2) is 26.6 Å². The number of hydrogen-bond acceptors (Lipinski definition) is 3. The molecule has 0 aromatic carbocycles. The van der Waals surface area contributed by atoms with Crippen molar-refractivity contribution in [3.05, 3.63) is 59.3 Å². The number of hydrogen-bond donors (Lipinski definition) is 1. The van der Waals surface area contributed by atoms with Crippen LogP contribution in [0.15, 0.2) is 42.3 Å². The van der Waals surface area contributed by atoms with Gasteiger partial charge in [0, 0.05) is 36.9 Å². The van der Waals surface area contributed by atoms with Gasteiger partial charge in [-0.2, -0.15) is 0 Å². The Balaban J connectivity index is 1.63. The van der Waals surface area contributed by atoms with Gasteiger partial charge in [-0.25, -0.2) is 4.98 Å². The van der Waals surface area contributed by atoms with Crippen molar-refractivity contribution in [3.8, 4) is 5.00 Å². The van der Waals surface area contributed by atoms with E-state index < -0.39 is 0 Å². The lowest BCUT2D eigenvalue weighted by molar-refractivity contribution is 0.0953. The third-order valence-corrected chi connectivity index (χ3v) is 4.70. The summed E-state index contributed by atoms with van der Waals surface area (Å²) < 4.78 is 4.14. The predicted octanol–water partition coefficient (Wildman–Crippen LogP) is 3.17. The molecule has 120 valence electrons. The number of thiophene rings is 1. The molecule has 0 bridgehead atoms. The summed E-state index contributed by atoms with van der Waals surface area (Å²) in [5.74, 6) is -0.0145. The molecule has 0 fully saturated rings. The molecule has 3 aromatic heterocycles. The first-order valence-corrected chi connectivity index (χ1v) is 8.51. The van der Waals surface area contributed by atoms with Crippen molar-refractivity contribution in [1.82, 2.24) is 19.4 Å². The van der Waals surface area contributed by atoms with Crippen LogP contribution in [0.3, 0.4) is 0 Å². The van der Waals surface area contributed by atoms with Crippen LogP contribution < -0.4 is 5.32 Å². The number of carbonyl (C=O) groups excluding carboxylic acids is 1. The highest BCUT2D eigenvalue weighted by atomic mass is 32.1. The van der Waals surface area contributed by atoms with Crippen molar-refractivity contribution in [2.75, 3.05) is 6.54 Å². The Bertz CT molecular complexity index is 766. The van der Waals surface area contributed by atoms with Crippen LogP contribution in [-0.2, 0) is 6.54 Å². The molecule has 0 aliphatic carbocycles. The fourth-order valence-corrected chi connectivity index (χ4v) is 3.63. The number of nitrogens with one attached hydrogen (secondary N) is 1. The SMILES string of the molecule is Cc1ccc(C)n1-c1sccc1C(=O)NCCCn1ccnc1. The molecule has 0 atom stereocenters. The van der Waals surface area contributed by atoms with Crippen molar-refractivity contribution in [3.63, 3.8) is 0 Å². The quantitative estimate of drug-likeness (QED) is 0.707. The molecule has 0 unspecified atom stereocenters. The molecule has 1 amide bonds. The van der Waals surface area contributed by atoms with Gasteiger partial charge in [0.2, 0.25) is 0 Å². The minimum atomic E-state index is -0.0145. The van der Waals surface area contributed by atoms with Gasteiger partial charge in [0.15, 0.2) is 0 Å². The highest BCUT2D eigenvalue weighted by Crippen LogP contribution is 2.25. The molecule has 0 radical (unpaired) electrons. The minimum Gasteiger partial charge on any atom is -0.352 e. The maximum atomic E-state index is 12.5. The molecular formula is C17H20N4OS. The number of aryl methyl sites for hydroxylation is 3. The van der Waals surface area contributed by atoms with Gasteiger partial charge in [-0.15, -0.1) is 11.3 Å². The van der Waals surface area contributed by atoms with Crippen molar-refractivity contribution in [2.45, 2.75) is 26.8 Å². The molecule has 5 nitrogen and oxygen atoms in total. The summed E-state index contributed by atoms with van der Waals surface area (Å²) >= 11 is 1.59. The first-order valence-electron chi connectivity index (χ1n) is 7.63. The Hall–Kier alpha value is -2.34. The summed E-state index contributed by atoms with van der Waals surface area (Å²) in [7, 11) is 0. The van der Waals surface area contributed by atoms with Crippen molar-refractivity contribution < 1.29 is 4.79 Å². The molecule has 0 saturated heterocycles. The summed E-state index contributed by atoms with van der Waals surface area (Å²) in [4.78, 5) is 16.5. The van der Waals surface area contributed by atoms with Gasteiger partial charge in [0.1, 0.15) is 5.00 Å². The summed E-state index contributed by atoms with van der Waals surface area (Å²) in [5, 5.41) is 5.96. The predicted molar refractivity (Wildman–Crippen MR) is 92.3 cm³/mol. The molecule has 3 aromatic rings. The second-order valence-corrected chi connectivity index (χ2v) is 6.40. The highest BCUT2D eigenvalue weighted by molar-refractivity contribution is 7.13. The second kappa shape index (κ2) is 6.83. The van der Waals surface area contributed by atoms with E-state index in [0.717, 1.165) is 34.9 Å². The van der Waals surface area contributed by atoms with E-state index in [1.165, 1.54) is 0 Å². The van der Waals surface area contributed by atoms with Crippen LogP contribution in [0.4, 0.5) is 0 Å². The normalized spacial score (nSPS) is 10.9. The molecule has 1 N–H and O–H groups in total. The van der Waals surface area contributed by atoms with E-state index >= 15 is 0 Å². The topological polar surface area (TPSA) is 51.9 Å². The van der Waals surface area contributed by atoms with E-state index in [2.05, 4.69) is 40.8 Å². The largest absolute Gasteiger partial charge is 0.352 e. The van der Waals surface area contributed by atoms with E-state index in [1.807, 2.05) is 22.2 Å². The zero-order chi connectivity index (χ0) is 16.2. The third kappa shape index (κ3) is 3.37. The van der Waals surface area contributed by atoms with Gasteiger partial charge in [0.05, 0.1) is 11.9 Å². The fraction of sp³-hybridized carbons (Fsp3) is 0.294. The second-order valence-electron chi connectivity index (χ2n) is 5.50. The molecular weight excluding hydrogens is 308 g/mol. The molecule has 3 heterocycles. The van der Waals surface area contributed by atoms with Gasteiger partial charge in [-0.3, -0.25) is 4.79 Å². The van der Waals surface area contributed by atoms with Crippen LogP contribution in [0.5, 0.6) is 0 Å². The molecule has 0 spiro atoms. The monoisotopic (exact) mass is 328 g/mol. The van der Waals surface area contributed by atoms with Crippen molar-refractivity contribution >= 4 is 17.2 Å². The standard InChI is InChI=1S/C17H20N4OS/c1-13-4-5-14(2)21(13)17-15(6-11-23-17)16(22)19-7-3-9-20-10-8-18-12-20/h4-6,8,10-12H,3,7,9H2,1-2H3,(H,19,22). The number of nitrogens with zero attached hydrogens (tertiary/aromatic N) is 3. The van der Waals surface area contributed by atoms with E-state index in [4.69, 9.17) is 0 Å². The van der Waals surface area contributed by atoms with Crippen LogP contribution >= 0.6 is 11.3 Å². The maximum Gasteiger partial charge on any atom is 0.254 e. The van der Waals surface area contributed by atoms with Crippen LogP contribution in [0.2, 0.25) is 0 Å². The Morgan fingerprint density at radius 1 is 1.26 bits per heavy atom. The lowest BCUT2D eigenvalue weighted by Gasteiger charge is -2.10. The van der Waals surface area contributed by atoms with E-state index in [0.29, 0.717) is 6.54 Å². The zero-order valence-electron chi connectivity index (χ0n) is 13.3. The van der Waals surface area contributed by atoms with E-state index in [1.54, 1.807) is 23.9 Å². The molecule has 0 saturated carbocycles. The summed E-state index contributed by atoms with van der Waals surface area (Å²) in [6, 6.07) is 6.04. The smallest absolute Gasteiger partial charge is 0.254 e. The van der Waals surface area contributed by atoms with Gasteiger partial charge in [0.25, 0.3) is 5.91 Å². The summed E-state index contributed by atoms with van der Waals surface area (Å²) in [6.07, 6.45) is 6.36. The number of aromatic nitrogens is 3. The highest BCUT2D eigenvalue weighted by Gasteiger charge is 2.16. The Kier molecular flexibility index (Phi) is 4.62. The van der Waals surface area contributed by atoms with Crippen molar-refractivity contribution in [2.24, 2.45) is 0 Å². The maximum absolute atomic E-state index is 12.5. The third-order valence-electron chi connectivity index (χ3n) is 3.80. The minimum absolute atomic E-state index is 0.0145. The van der Waals surface area contributed by atoms with Crippen LogP contribution in [0.25, 0.3) is 5.00 Å². The first-order chi connectivity index (χ1) is 11.2. The summed E-state index contributed by atoms with van der Waals surface area (Å²) in [6.45, 7) is 5.61. The lowest BCUT2D eigenvalue weighted by atomic mass is 10.2. The first kappa shape index (κ1) is 15.6. The average Bonchev–Trinajstić information content (AvgIpc) is 3.25. The molecule has 0 aliphatic heterocycles. The van der Waals surface area contributed by atoms with Gasteiger partial charge >= 0.3 is 0 Å². The average molecular weight is 328 g/mol. The summed E-state index contributed by atoms with van der Waals surface area (Å²) in [5.41, 5.74) is 3.01. The molecule has 3 rings (SSSR count). The Morgan fingerprint density at radius 3 is 2.74 bits per heavy atom. The molecule has 0 aliphatic rings. The van der Waals surface area contributed by atoms with Gasteiger partial charge < -0.3 is 14.5 Å². The van der Waals surface area contributed by atoms with Gasteiger partial charge in [-0.05, 0) is 43.8 Å². The van der Waals surface area contributed by atoms with E-state index in [9.17, 15) is 4.79 Å². The number of rotatable bonds is 6. The van der Waals surface area contributed by atoms with Crippen LogP contribution in [0.1, 0.15) is 28.2 Å². The van der Waals surface area contributed by atoms with Crippen molar-refractivity contribution in [1.29, 1.82) is 0 Å².